The molecular formula is C15H19N5O2S2. The summed E-state index contributed by atoms with van der Waals surface area (Å²) in [5.41, 5.74) is 3.11. The van der Waals surface area contributed by atoms with Gasteiger partial charge in [0, 0.05) is 19.6 Å². The Morgan fingerprint density at radius 1 is 1.33 bits per heavy atom. The predicted octanol–water partition coefficient (Wildman–Crippen LogP) is 1.89. The van der Waals surface area contributed by atoms with Gasteiger partial charge in [0.05, 0.1) is 16.9 Å². The van der Waals surface area contributed by atoms with Gasteiger partial charge in [-0.15, -0.1) is 16.4 Å². The van der Waals surface area contributed by atoms with E-state index in [0.29, 0.717) is 28.5 Å². The van der Waals surface area contributed by atoms with Crippen LogP contribution in [0.15, 0.2) is 5.51 Å². The van der Waals surface area contributed by atoms with E-state index in [1.807, 2.05) is 11.8 Å². The van der Waals surface area contributed by atoms with Gasteiger partial charge in [0.1, 0.15) is 9.75 Å². The number of thiazole rings is 1. The Bertz CT molecular complexity index is 742. The van der Waals surface area contributed by atoms with Gasteiger partial charge in [-0.1, -0.05) is 4.49 Å². The van der Waals surface area contributed by atoms with E-state index in [9.17, 15) is 9.59 Å². The largest absolute Gasteiger partial charge is 0.351 e. The first kappa shape index (κ1) is 17.0. The molecule has 9 heteroatoms. The molecule has 0 bridgehead atoms. The van der Waals surface area contributed by atoms with Crippen molar-refractivity contribution < 1.29 is 9.59 Å². The summed E-state index contributed by atoms with van der Waals surface area (Å²) in [6, 6.07) is 0. The molecule has 1 atom stereocenters. The lowest BCUT2D eigenvalue weighted by Crippen LogP contribution is -2.43. The lowest BCUT2D eigenvalue weighted by molar-refractivity contribution is 0.0675. The number of aryl methyl sites for hydroxylation is 2. The zero-order valence-corrected chi connectivity index (χ0v) is 15.2. The molecule has 128 valence electrons. The second kappa shape index (κ2) is 7.35. The minimum Gasteiger partial charge on any atom is -0.351 e. The summed E-state index contributed by atoms with van der Waals surface area (Å²) < 4.78 is 3.84. The first-order valence-corrected chi connectivity index (χ1v) is 9.48. The van der Waals surface area contributed by atoms with Crippen molar-refractivity contribution in [1.29, 1.82) is 0 Å². The fourth-order valence-electron chi connectivity index (χ4n) is 2.82. The van der Waals surface area contributed by atoms with Crippen molar-refractivity contribution in [2.45, 2.75) is 26.7 Å². The van der Waals surface area contributed by atoms with E-state index in [4.69, 9.17) is 0 Å². The predicted molar refractivity (Wildman–Crippen MR) is 92.5 cm³/mol. The topological polar surface area (TPSA) is 88.1 Å². The van der Waals surface area contributed by atoms with Crippen molar-refractivity contribution in [2.75, 3.05) is 19.6 Å². The number of aromatic nitrogens is 3. The monoisotopic (exact) mass is 365 g/mol. The van der Waals surface area contributed by atoms with Crippen LogP contribution in [0.3, 0.4) is 0 Å². The first-order chi connectivity index (χ1) is 11.6. The third kappa shape index (κ3) is 3.62. The Morgan fingerprint density at radius 2 is 2.17 bits per heavy atom. The van der Waals surface area contributed by atoms with E-state index < -0.39 is 0 Å². The zero-order chi connectivity index (χ0) is 17.1. The highest BCUT2D eigenvalue weighted by atomic mass is 32.1. The molecule has 1 fully saturated rings. The van der Waals surface area contributed by atoms with Crippen LogP contribution in [0, 0.1) is 19.8 Å². The van der Waals surface area contributed by atoms with Crippen LogP contribution in [-0.4, -0.2) is 50.9 Å². The average molecular weight is 365 g/mol. The molecule has 0 aromatic carbocycles. The lowest BCUT2D eigenvalue weighted by atomic mass is 9.97. The molecule has 2 amide bonds. The van der Waals surface area contributed by atoms with Crippen LogP contribution in [0.25, 0.3) is 0 Å². The molecule has 3 rings (SSSR count). The smallest absolute Gasteiger partial charge is 0.267 e. The first-order valence-electron chi connectivity index (χ1n) is 7.82. The van der Waals surface area contributed by atoms with Gasteiger partial charge in [-0.2, -0.15) is 0 Å². The molecule has 0 aliphatic carbocycles. The Hall–Kier alpha value is -1.87. The molecule has 7 nitrogen and oxygen atoms in total. The molecule has 2 aromatic rings. The van der Waals surface area contributed by atoms with Crippen molar-refractivity contribution in [3.63, 3.8) is 0 Å². The zero-order valence-electron chi connectivity index (χ0n) is 13.6. The van der Waals surface area contributed by atoms with E-state index in [1.54, 1.807) is 12.4 Å². The molecule has 1 aliphatic rings. The van der Waals surface area contributed by atoms with Gasteiger partial charge in [-0.25, -0.2) is 4.98 Å². The molecule has 3 heterocycles. The van der Waals surface area contributed by atoms with Gasteiger partial charge < -0.3 is 10.2 Å². The number of nitrogens with one attached hydrogen (secondary N) is 1. The second-order valence-electron chi connectivity index (χ2n) is 5.92. The Morgan fingerprint density at radius 3 is 2.83 bits per heavy atom. The van der Waals surface area contributed by atoms with Gasteiger partial charge in [0.15, 0.2) is 0 Å². The fourth-order valence-corrected chi connectivity index (χ4v) is 4.17. The van der Waals surface area contributed by atoms with Crippen molar-refractivity contribution in [1.82, 2.24) is 24.8 Å². The highest BCUT2D eigenvalue weighted by molar-refractivity contribution is 7.11. The summed E-state index contributed by atoms with van der Waals surface area (Å²) in [5, 5.41) is 6.88. The van der Waals surface area contributed by atoms with Gasteiger partial charge >= 0.3 is 0 Å². The summed E-state index contributed by atoms with van der Waals surface area (Å²) in [7, 11) is 0. The Labute approximate surface area is 148 Å². The van der Waals surface area contributed by atoms with Crippen molar-refractivity contribution in [3.8, 4) is 0 Å². The number of amides is 2. The third-order valence-electron chi connectivity index (χ3n) is 4.16. The third-order valence-corrected chi connectivity index (χ3v) is 5.90. The van der Waals surface area contributed by atoms with Crippen LogP contribution in [0.4, 0.5) is 0 Å². The molecule has 1 unspecified atom stereocenters. The summed E-state index contributed by atoms with van der Waals surface area (Å²) >= 11 is 2.49. The molecular weight excluding hydrogens is 346 g/mol. The summed E-state index contributed by atoms with van der Waals surface area (Å²) in [6.45, 7) is 5.60. The number of rotatable bonds is 4. The number of hydrogen-bond acceptors (Lipinski definition) is 7. The number of nitrogens with zero attached hydrogens (tertiary/aromatic N) is 4. The van der Waals surface area contributed by atoms with Gasteiger partial charge in [0.25, 0.3) is 11.8 Å². The van der Waals surface area contributed by atoms with Gasteiger partial charge in [-0.3, -0.25) is 9.59 Å². The van der Waals surface area contributed by atoms with Crippen LogP contribution in [0.2, 0.25) is 0 Å². The lowest BCUT2D eigenvalue weighted by Gasteiger charge is -2.32. The highest BCUT2D eigenvalue weighted by Gasteiger charge is 2.27. The number of likely N-dealkylation sites (tertiary alicyclic amines) is 1. The standard InChI is InChI=1S/C15H19N5O2S2/c1-9-12(23-8-17-9)14(21)16-6-11-4-3-5-20(7-11)15(22)13-10(2)18-19-24-13/h8,11H,3-7H2,1-2H3,(H,16,21). The highest BCUT2D eigenvalue weighted by Crippen LogP contribution is 2.21. The molecule has 0 saturated carbocycles. The van der Waals surface area contributed by atoms with E-state index in [1.165, 1.54) is 11.3 Å². The maximum atomic E-state index is 12.6. The van der Waals surface area contributed by atoms with Crippen LogP contribution in [-0.2, 0) is 0 Å². The van der Waals surface area contributed by atoms with Crippen LogP contribution >= 0.6 is 22.9 Å². The Kier molecular flexibility index (Phi) is 5.20. The molecule has 1 saturated heterocycles. The normalized spacial score (nSPS) is 17.8. The minimum absolute atomic E-state index is 0.00294. The van der Waals surface area contributed by atoms with E-state index in [0.717, 1.165) is 36.6 Å². The van der Waals surface area contributed by atoms with E-state index in [2.05, 4.69) is 19.9 Å². The van der Waals surface area contributed by atoms with Crippen molar-refractivity contribution >= 4 is 34.7 Å². The van der Waals surface area contributed by atoms with Crippen LogP contribution < -0.4 is 5.32 Å². The molecule has 0 radical (unpaired) electrons. The van der Waals surface area contributed by atoms with Gasteiger partial charge in [0.2, 0.25) is 0 Å². The SMILES string of the molecule is Cc1ncsc1C(=O)NCC1CCCN(C(=O)c2snnc2C)C1. The van der Waals surface area contributed by atoms with E-state index >= 15 is 0 Å². The van der Waals surface area contributed by atoms with E-state index in [-0.39, 0.29) is 17.7 Å². The minimum atomic E-state index is -0.0825. The number of carbonyl (C=O) groups is 2. The molecule has 1 N–H and O–H groups in total. The molecule has 2 aromatic heterocycles. The fraction of sp³-hybridized carbons (Fsp3) is 0.533. The average Bonchev–Trinajstić information content (AvgIpc) is 3.20. The maximum absolute atomic E-state index is 12.6. The quantitative estimate of drug-likeness (QED) is 0.894. The van der Waals surface area contributed by atoms with Crippen LogP contribution in [0.1, 0.15) is 43.6 Å². The summed E-state index contributed by atoms with van der Waals surface area (Å²) in [5.74, 6) is 0.179. The number of hydrogen-bond donors (Lipinski definition) is 1. The second-order valence-corrected chi connectivity index (χ2v) is 7.53. The summed E-state index contributed by atoms with van der Waals surface area (Å²) in [4.78, 5) is 32.0. The van der Waals surface area contributed by atoms with Crippen molar-refractivity contribution in [2.24, 2.45) is 5.92 Å². The van der Waals surface area contributed by atoms with Crippen LogP contribution in [0.5, 0.6) is 0 Å². The molecule has 0 spiro atoms. The molecule has 24 heavy (non-hydrogen) atoms. The maximum Gasteiger partial charge on any atom is 0.267 e. The number of carbonyl (C=O) groups excluding carboxylic acids is 2. The molecule has 1 aliphatic heterocycles. The van der Waals surface area contributed by atoms with Gasteiger partial charge in [-0.05, 0) is 44.1 Å². The number of piperidine rings is 1. The van der Waals surface area contributed by atoms with Crippen molar-refractivity contribution in [3.05, 3.63) is 26.7 Å². The summed E-state index contributed by atoms with van der Waals surface area (Å²) in [6.07, 6.45) is 1.95. The Balaban J connectivity index is 1.56.